The summed E-state index contributed by atoms with van der Waals surface area (Å²) >= 11 is 3.37. The van der Waals surface area contributed by atoms with Gasteiger partial charge in [0.05, 0.1) is 24.6 Å². The second kappa shape index (κ2) is 7.81. The molecule has 5 nitrogen and oxygen atoms in total. The number of hydrogen-bond acceptors (Lipinski definition) is 4. The number of carbonyl (C=O) groups excluding carboxylic acids is 1. The number of hydrogen-bond donors (Lipinski definition) is 2. The number of halogens is 1. The maximum atomic E-state index is 12.4. The number of nitrogens with zero attached hydrogens (tertiary/aromatic N) is 1. The van der Waals surface area contributed by atoms with E-state index in [0.29, 0.717) is 5.56 Å². The number of anilines is 3. The number of amides is 1. The predicted molar refractivity (Wildman–Crippen MR) is 103 cm³/mol. The van der Waals surface area contributed by atoms with Crippen LogP contribution < -0.4 is 15.4 Å². The average Bonchev–Trinajstić information content (AvgIpc) is 2.64. The molecule has 2 N–H and O–H groups in total. The van der Waals surface area contributed by atoms with Gasteiger partial charge in [0.2, 0.25) is 0 Å². The van der Waals surface area contributed by atoms with Gasteiger partial charge in [0.1, 0.15) is 5.75 Å². The zero-order valence-electron chi connectivity index (χ0n) is 13.5. The summed E-state index contributed by atoms with van der Waals surface area (Å²) < 4.78 is 6.09. The van der Waals surface area contributed by atoms with Gasteiger partial charge in [-0.05, 0) is 54.6 Å². The van der Waals surface area contributed by atoms with E-state index < -0.39 is 0 Å². The van der Waals surface area contributed by atoms with E-state index in [1.54, 1.807) is 19.4 Å². The van der Waals surface area contributed by atoms with Gasteiger partial charge in [-0.15, -0.1) is 0 Å². The first-order chi connectivity index (χ1) is 12.1. The van der Waals surface area contributed by atoms with Crippen molar-refractivity contribution in [1.82, 2.24) is 4.98 Å². The highest BCUT2D eigenvalue weighted by Gasteiger charge is 2.08. The zero-order valence-corrected chi connectivity index (χ0v) is 15.1. The first-order valence-corrected chi connectivity index (χ1v) is 8.36. The van der Waals surface area contributed by atoms with Crippen molar-refractivity contribution in [2.24, 2.45) is 0 Å². The first kappa shape index (κ1) is 17.0. The molecular weight excluding hydrogens is 382 g/mol. The Labute approximate surface area is 154 Å². The minimum absolute atomic E-state index is 0.215. The third-order valence-electron chi connectivity index (χ3n) is 3.48. The van der Waals surface area contributed by atoms with Crippen molar-refractivity contribution < 1.29 is 9.53 Å². The van der Waals surface area contributed by atoms with Crippen molar-refractivity contribution in [1.29, 1.82) is 0 Å². The summed E-state index contributed by atoms with van der Waals surface area (Å²) in [5.41, 5.74) is 2.81. The molecule has 0 spiro atoms. The highest BCUT2D eigenvalue weighted by Crippen LogP contribution is 2.20. The number of benzene rings is 2. The summed E-state index contributed by atoms with van der Waals surface area (Å²) in [6.07, 6.45) is 3.20. The fourth-order valence-corrected chi connectivity index (χ4v) is 2.47. The molecular formula is C19H16BrN3O2. The molecule has 0 aliphatic carbocycles. The molecule has 0 bridgehead atoms. The average molecular weight is 398 g/mol. The van der Waals surface area contributed by atoms with Crippen molar-refractivity contribution >= 4 is 38.9 Å². The number of aromatic nitrogens is 1. The third kappa shape index (κ3) is 4.58. The Balaban J connectivity index is 1.71. The van der Waals surface area contributed by atoms with Crippen LogP contribution in [-0.2, 0) is 0 Å². The molecule has 6 heteroatoms. The molecule has 3 aromatic rings. The van der Waals surface area contributed by atoms with E-state index in [2.05, 4.69) is 31.5 Å². The Kier molecular flexibility index (Phi) is 5.30. The SMILES string of the molecule is COc1ccc(Nc2cncc(C(=O)Nc3ccc(Br)cc3)c2)cc1. The number of rotatable bonds is 5. The van der Waals surface area contributed by atoms with E-state index >= 15 is 0 Å². The van der Waals surface area contributed by atoms with E-state index in [0.717, 1.165) is 27.3 Å². The van der Waals surface area contributed by atoms with Crippen LogP contribution in [0.2, 0.25) is 0 Å². The smallest absolute Gasteiger partial charge is 0.257 e. The Hall–Kier alpha value is -2.86. The fraction of sp³-hybridized carbons (Fsp3) is 0.0526. The van der Waals surface area contributed by atoms with Crippen LogP contribution in [0.3, 0.4) is 0 Å². The standard InChI is InChI=1S/C19H16BrN3O2/c1-25-18-8-6-15(7-9-18)22-17-10-13(11-21-12-17)19(24)23-16-4-2-14(20)3-5-16/h2-12,22H,1H3,(H,23,24). The van der Waals surface area contributed by atoms with Crippen LogP contribution in [-0.4, -0.2) is 18.0 Å². The number of nitrogens with one attached hydrogen (secondary N) is 2. The second-order valence-electron chi connectivity index (χ2n) is 5.28. The molecule has 0 aliphatic rings. The van der Waals surface area contributed by atoms with Crippen molar-refractivity contribution in [3.05, 3.63) is 77.0 Å². The van der Waals surface area contributed by atoms with Crippen LogP contribution in [0.4, 0.5) is 17.1 Å². The predicted octanol–water partition coefficient (Wildman–Crippen LogP) is 4.85. The molecule has 0 saturated heterocycles. The minimum Gasteiger partial charge on any atom is -0.497 e. The van der Waals surface area contributed by atoms with Crippen LogP contribution in [0.5, 0.6) is 5.75 Å². The number of methoxy groups -OCH3 is 1. The van der Waals surface area contributed by atoms with E-state index in [1.807, 2.05) is 48.5 Å². The van der Waals surface area contributed by atoms with Crippen molar-refractivity contribution in [2.75, 3.05) is 17.7 Å². The fourth-order valence-electron chi connectivity index (χ4n) is 2.21. The van der Waals surface area contributed by atoms with Crippen LogP contribution >= 0.6 is 15.9 Å². The Morgan fingerprint density at radius 3 is 2.32 bits per heavy atom. The summed E-state index contributed by atoms with van der Waals surface area (Å²) in [5, 5.41) is 6.07. The lowest BCUT2D eigenvalue weighted by Crippen LogP contribution is -2.12. The molecule has 0 aliphatic heterocycles. The zero-order chi connectivity index (χ0) is 17.6. The molecule has 3 rings (SSSR count). The number of pyridine rings is 1. The van der Waals surface area contributed by atoms with Crippen LogP contribution in [0.1, 0.15) is 10.4 Å². The van der Waals surface area contributed by atoms with E-state index in [9.17, 15) is 4.79 Å². The summed E-state index contributed by atoms with van der Waals surface area (Å²) in [4.78, 5) is 16.5. The first-order valence-electron chi connectivity index (χ1n) is 7.57. The molecule has 0 fully saturated rings. The van der Waals surface area contributed by atoms with E-state index in [4.69, 9.17) is 4.74 Å². The van der Waals surface area contributed by atoms with Crippen molar-refractivity contribution in [2.45, 2.75) is 0 Å². The number of carbonyl (C=O) groups is 1. The number of ether oxygens (including phenoxy) is 1. The normalized spacial score (nSPS) is 10.2. The Morgan fingerprint density at radius 2 is 1.64 bits per heavy atom. The largest absolute Gasteiger partial charge is 0.497 e. The van der Waals surface area contributed by atoms with Gasteiger partial charge < -0.3 is 15.4 Å². The molecule has 1 heterocycles. The highest BCUT2D eigenvalue weighted by atomic mass is 79.9. The maximum Gasteiger partial charge on any atom is 0.257 e. The molecule has 0 radical (unpaired) electrons. The lowest BCUT2D eigenvalue weighted by atomic mass is 10.2. The summed E-state index contributed by atoms with van der Waals surface area (Å²) in [6.45, 7) is 0. The van der Waals surface area contributed by atoms with Gasteiger partial charge in [0.25, 0.3) is 5.91 Å². The topological polar surface area (TPSA) is 63.2 Å². The quantitative estimate of drug-likeness (QED) is 0.645. The molecule has 1 amide bonds. The van der Waals surface area contributed by atoms with Crippen LogP contribution in [0, 0.1) is 0 Å². The van der Waals surface area contributed by atoms with Gasteiger partial charge >= 0.3 is 0 Å². The van der Waals surface area contributed by atoms with E-state index in [-0.39, 0.29) is 5.91 Å². The lowest BCUT2D eigenvalue weighted by molar-refractivity contribution is 0.102. The Bertz CT molecular complexity index is 865. The highest BCUT2D eigenvalue weighted by molar-refractivity contribution is 9.10. The van der Waals surface area contributed by atoms with Gasteiger partial charge in [-0.3, -0.25) is 9.78 Å². The van der Waals surface area contributed by atoms with Gasteiger partial charge in [-0.2, -0.15) is 0 Å². The van der Waals surface area contributed by atoms with Crippen LogP contribution in [0.25, 0.3) is 0 Å². The summed E-state index contributed by atoms with van der Waals surface area (Å²) in [6, 6.07) is 16.7. The summed E-state index contributed by atoms with van der Waals surface area (Å²) in [7, 11) is 1.62. The second-order valence-corrected chi connectivity index (χ2v) is 6.19. The monoisotopic (exact) mass is 397 g/mol. The van der Waals surface area contributed by atoms with Gasteiger partial charge in [-0.25, -0.2) is 0 Å². The summed E-state index contributed by atoms with van der Waals surface area (Å²) in [5.74, 6) is 0.569. The lowest BCUT2D eigenvalue weighted by Gasteiger charge is -2.09. The van der Waals surface area contributed by atoms with Gasteiger partial charge in [0.15, 0.2) is 0 Å². The Morgan fingerprint density at radius 1 is 0.960 bits per heavy atom. The van der Waals surface area contributed by atoms with Crippen LogP contribution in [0.15, 0.2) is 71.5 Å². The minimum atomic E-state index is -0.215. The molecule has 2 aromatic carbocycles. The molecule has 1 aromatic heterocycles. The molecule has 126 valence electrons. The third-order valence-corrected chi connectivity index (χ3v) is 4.01. The molecule has 0 unspecified atom stereocenters. The van der Waals surface area contributed by atoms with E-state index in [1.165, 1.54) is 6.20 Å². The van der Waals surface area contributed by atoms with Gasteiger partial charge in [0, 0.05) is 22.0 Å². The molecule has 0 saturated carbocycles. The van der Waals surface area contributed by atoms with Crippen molar-refractivity contribution in [3.63, 3.8) is 0 Å². The van der Waals surface area contributed by atoms with Gasteiger partial charge in [-0.1, -0.05) is 15.9 Å². The molecule has 25 heavy (non-hydrogen) atoms. The van der Waals surface area contributed by atoms with Crippen molar-refractivity contribution in [3.8, 4) is 5.75 Å². The molecule has 0 atom stereocenters. The maximum absolute atomic E-state index is 12.4.